The number of nitrogens with zero attached hydrogens (tertiary/aromatic N) is 1. The molecule has 0 bridgehead atoms. The molecular weight excluding hydrogens is 326 g/mol. The van der Waals surface area contributed by atoms with E-state index in [1.807, 2.05) is 12.3 Å². The summed E-state index contributed by atoms with van der Waals surface area (Å²) in [5.74, 6) is 0.566. The fourth-order valence-electron chi connectivity index (χ4n) is 2.80. The third kappa shape index (κ3) is 2.90. The molecule has 1 saturated carbocycles. The molecule has 3 rings (SSSR count). The van der Waals surface area contributed by atoms with Gasteiger partial charge in [0.2, 0.25) is 0 Å². The number of aromatic amines is 1. The number of aromatic nitrogens is 2. The summed E-state index contributed by atoms with van der Waals surface area (Å²) < 4.78 is 1.05. The number of alkyl halides is 1. The standard InChI is InChI=1S/C14H17BrClN3/c15-10-5-13(11-8-18-19-14(11)6-10)17-7-9-3-1-2-4-12(9)16/h5-6,8-9,12,17H,1-4,7H2,(H,18,19)/t9-,12-/m1/s1. The van der Waals surface area contributed by atoms with Crippen LogP contribution in [0.5, 0.6) is 0 Å². The van der Waals surface area contributed by atoms with Gasteiger partial charge in [0.1, 0.15) is 0 Å². The van der Waals surface area contributed by atoms with E-state index < -0.39 is 0 Å². The first-order chi connectivity index (χ1) is 9.24. The fraction of sp³-hybridized carbons (Fsp3) is 0.500. The molecule has 1 aliphatic carbocycles. The molecule has 0 aliphatic heterocycles. The molecule has 0 unspecified atom stereocenters. The lowest BCUT2D eigenvalue weighted by Gasteiger charge is -2.27. The van der Waals surface area contributed by atoms with E-state index >= 15 is 0 Å². The topological polar surface area (TPSA) is 40.7 Å². The molecule has 2 atom stereocenters. The first-order valence-electron chi connectivity index (χ1n) is 6.74. The zero-order valence-electron chi connectivity index (χ0n) is 10.6. The van der Waals surface area contributed by atoms with E-state index in [2.05, 4.69) is 37.5 Å². The maximum atomic E-state index is 6.41. The lowest BCUT2D eigenvalue weighted by atomic mass is 9.88. The van der Waals surface area contributed by atoms with Crippen LogP contribution in [0.2, 0.25) is 0 Å². The van der Waals surface area contributed by atoms with Crippen LogP contribution in [0.25, 0.3) is 10.9 Å². The van der Waals surface area contributed by atoms with Gasteiger partial charge >= 0.3 is 0 Å². The molecule has 0 radical (unpaired) electrons. The van der Waals surface area contributed by atoms with Gasteiger partial charge in [-0.25, -0.2) is 0 Å². The van der Waals surface area contributed by atoms with Gasteiger partial charge in [0.25, 0.3) is 0 Å². The van der Waals surface area contributed by atoms with E-state index in [1.54, 1.807) is 0 Å². The minimum atomic E-state index is 0.313. The lowest BCUT2D eigenvalue weighted by Crippen LogP contribution is -2.26. The Labute approximate surface area is 126 Å². The van der Waals surface area contributed by atoms with Gasteiger partial charge in [0, 0.05) is 27.5 Å². The van der Waals surface area contributed by atoms with Crippen LogP contribution in [-0.2, 0) is 0 Å². The van der Waals surface area contributed by atoms with Gasteiger partial charge in [-0.15, -0.1) is 11.6 Å². The average molecular weight is 343 g/mol. The minimum absolute atomic E-state index is 0.313. The molecule has 19 heavy (non-hydrogen) atoms. The molecule has 1 fully saturated rings. The summed E-state index contributed by atoms with van der Waals surface area (Å²) in [6.07, 6.45) is 6.81. The third-order valence-corrected chi connectivity index (χ3v) is 4.93. The molecule has 102 valence electrons. The number of nitrogens with one attached hydrogen (secondary N) is 2. The summed E-state index contributed by atoms with van der Waals surface area (Å²) in [5, 5.41) is 12.1. The predicted molar refractivity (Wildman–Crippen MR) is 83.9 cm³/mol. The predicted octanol–water partition coefficient (Wildman–Crippen LogP) is 4.53. The normalized spacial score (nSPS) is 23.7. The largest absolute Gasteiger partial charge is 0.384 e. The molecule has 1 heterocycles. The van der Waals surface area contributed by atoms with E-state index in [-0.39, 0.29) is 0 Å². The van der Waals surface area contributed by atoms with Crippen LogP contribution in [-0.4, -0.2) is 22.1 Å². The molecule has 0 spiro atoms. The van der Waals surface area contributed by atoms with E-state index in [0.717, 1.165) is 34.0 Å². The van der Waals surface area contributed by atoms with E-state index in [0.29, 0.717) is 11.3 Å². The number of hydrogen-bond acceptors (Lipinski definition) is 2. The van der Waals surface area contributed by atoms with E-state index in [9.17, 15) is 0 Å². The minimum Gasteiger partial charge on any atom is -0.384 e. The lowest BCUT2D eigenvalue weighted by molar-refractivity contribution is 0.381. The molecule has 5 heteroatoms. The smallest absolute Gasteiger partial charge is 0.0682 e. The summed E-state index contributed by atoms with van der Waals surface area (Å²) in [7, 11) is 0. The Balaban J connectivity index is 1.75. The van der Waals surface area contributed by atoms with Crippen molar-refractivity contribution in [2.75, 3.05) is 11.9 Å². The molecule has 0 saturated heterocycles. The van der Waals surface area contributed by atoms with Crippen molar-refractivity contribution in [3.63, 3.8) is 0 Å². The van der Waals surface area contributed by atoms with Crippen molar-refractivity contribution < 1.29 is 0 Å². The van der Waals surface area contributed by atoms with Crippen molar-refractivity contribution in [2.45, 2.75) is 31.1 Å². The first kappa shape index (κ1) is 13.3. The SMILES string of the molecule is Cl[C@@H]1CCCC[C@@H]1CNc1cc(Br)cc2[nH]ncc12. The van der Waals surface area contributed by atoms with Crippen LogP contribution < -0.4 is 5.32 Å². The van der Waals surface area contributed by atoms with Crippen LogP contribution in [0.15, 0.2) is 22.8 Å². The van der Waals surface area contributed by atoms with Crippen LogP contribution in [0.3, 0.4) is 0 Å². The zero-order chi connectivity index (χ0) is 13.2. The van der Waals surface area contributed by atoms with Crippen molar-refractivity contribution in [1.29, 1.82) is 0 Å². The van der Waals surface area contributed by atoms with Gasteiger partial charge in [-0.1, -0.05) is 28.8 Å². The van der Waals surface area contributed by atoms with Crippen molar-refractivity contribution >= 4 is 44.1 Å². The van der Waals surface area contributed by atoms with Crippen molar-refractivity contribution in [2.24, 2.45) is 5.92 Å². The molecule has 1 aromatic heterocycles. The Kier molecular flexibility index (Phi) is 3.99. The maximum absolute atomic E-state index is 6.41. The molecule has 2 aromatic rings. The summed E-state index contributed by atoms with van der Waals surface area (Å²) >= 11 is 9.94. The van der Waals surface area contributed by atoms with Crippen molar-refractivity contribution in [3.8, 4) is 0 Å². The summed E-state index contributed by atoms with van der Waals surface area (Å²) in [4.78, 5) is 0. The molecule has 1 aromatic carbocycles. The number of rotatable bonds is 3. The number of benzene rings is 1. The Bertz CT molecular complexity index is 569. The summed E-state index contributed by atoms with van der Waals surface area (Å²) in [6.45, 7) is 0.935. The highest BCUT2D eigenvalue weighted by molar-refractivity contribution is 9.10. The maximum Gasteiger partial charge on any atom is 0.0682 e. The number of H-pyrrole nitrogens is 1. The second kappa shape index (κ2) is 5.71. The van der Waals surface area contributed by atoms with Gasteiger partial charge in [0.05, 0.1) is 11.7 Å². The Hall–Kier alpha value is -0.740. The first-order valence-corrected chi connectivity index (χ1v) is 7.97. The van der Waals surface area contributed by atoms with Gasteiger partial charge in [-0.05, 0) is 30.9 Å². The molecule has 3 nitrogen and oxygen atoms in total. The highest BCUT2D eigenvalue weighted by atomic mass is 79.9. The summed E-state index contributed by atoms with van der Waals surface area (Å²) in [5.41, 5.74) is 2.16. The summed E-state index contributed by atoms with van der Waals surface area (Å²) in [6, 6.07) is 4.14. The van der Waals surface area contributed by atoms with Crippen LogP contribution in [0.1, 0.15) is 25.7 Å². The van der Waals surface area contributed by atoms with E-state index in [1.165, 1.54) is 19.3 Å². The van der Waals surface area contributed by atoms with Gasteiger partial charge < -0.3 is 5.32 Å². The highest BCUT2D eigenvalue weighted by Gasteiger charge is 2.22. The van der Waals surface area contributed by atoms with Crippen LogP contribution >= 0.6 is 27.5 Å². The Morgan fingerprint density at radius 3 is 3.05 bits per heavy atom. The number of hydrogen-bond donors (Lipinski definition) is 2. The second-order valence-corrected chi connectivity index (χ2v) is 6.70. The van der Waals surface area contributed by atoms with Gasteiger partial charge in [0.15, 0.2) is 0 Å². The molecule has 0 amide bonds. The van der Waals surface area contributed by atoms with Crippen LogP contribution in [0, 0.1) is 5.92 Å². The Morgan fingerprint density at radius 2 is 2.21 bits per heavy atom. The second-order valence-electron chi connectivity index (χ2n) is 5.23. The third-order valence-electron chi connectivity index (χ3n) is 3.89. The molecule has 2 N–H and O–H groups in total. The van der Waals surface area contributed by atoms with Crippen molar-refractivity contribution in [1.82, 2.24) is 10.2 Å². The Morgan fingerprint density at radius 1 is 1.37 bits per heavy atom. The highest BCUT2D eigenvalue weighted by Crippen LogP contribution is 2.31. The zero-order valence-corrected chi connectivity index (χ0v) is 13.0. The molecule has 1 aliphatic rings. The molecular formula is C14H17BrClN3. The quantitative estimate of drug-likeness (QED) is 0.804. The number of halogens is 2. The average Bonchev–Trinajstić information content (AvgIpc) is 2.85. The number of anilines is 1. The van der Waals surface area contributed by atoms with Gasteiger partial charge in [-0.2, -0.15) is 5.10 Å². The van der Waals surface area contributed by atoms with Crippen molar-refractivity contribution in [3.05, 3.63) is 22.8 Å². The van der Waals surface area contributed by atoms with Crippen LogP contribution in [0.4, 0.5) is 5.69 Å². The van der Waals surface area contributed by atoms with Gasteiger partial charge in [-0.3, -0.25) is 5.10 Å². The van der Waals surface area contributed by atoms with E-state index in [4.69, 9.17) is 11.6 Å². The monoisotopic (exact) mass is 341 g/mol. The number of fused-ring (bicyclic) bond motifs is 1. The fourth-order valence-corrected chi connectivity index (χ4v) is 3.62.